The van der Waals surface area contributed by atoms with Crippen LogP contribution in [0.4, 0.5) is 0 Å². The molecule has 0 bridgehead atoms. The molecule has 0 aromatic heterocycles. The third kappa shape index (κ3) is 10.9. The SMILES string of the molecule is CCCCCCCN(C)[C@]1(OCC(O)CCCCCC)C[C@@H](OCc2ccccc2)C[C@H]1OCc1ccccc1. The zero-order chi connectivity index (χ0) is 28.5. The van der Waals surface area contributed by atoms with Crippen LogP contribution in [0.3, 0.4) is 0 Å². The largest absolute Gasteiger partial charge is 0.391 e. The van der Waals surface area contributed by atoms with E-state index in [0.717, 1.165) is 50.6 Å². The fourth-order valence-electron chi connectivity index (χ4n) is 5.78. The molecule has 5 heteroatoms. The lowest BCUT2D eigenvalue weighted by molar-refractivity contribution is -0.221. The Morgan fingerprint density at radius 3 is 2.00 bits per heavy atom. The van der Waals surface area contributed by atoms with Gasteiger partial charge < -0.3 is 19.3 Å². The van der Waals surface area contributed by atoms with Crippen LogP contribution in [0.2, 0.25) is 0 Å². The minimum absolute atomic E-state index is 0.0187. The molecule has 224 valence electrons. The van der Waals surface area contributed by atoms with Gasteiger partial charge in [-0.2, -0.15) is 0 Å². The average Bonchev–Trinajstić information content (AvgIpc) is 3.35. The smallest absolute Gasteiger partial charge is 0.150 e. The molecule has 1 aliphatic rings. The van der Waals surface area contributed by atoms with Gasteiger partial charge in [-0.25, -0.2) is 0 Å². The molecule has 40 heavy (non-hydrogen) atoms. The maximum atomic E-state index is 10.9. The molecule has 1 aliphatic carbocycles. The zero-order valence-electron chi connectivity index (χ0n) is 25.4. The lowest BCUT2D eigenvalue weighted by atomic mass is 10.1. The van der Waals surface area contributed by atoms with Crippen molar-refractivity contribution < 1.29 is 19.3 Å². The van der Waals surface area contributed by atoms with Crippen LogP contribution < -0.4 is 0 Å². The zero-order valence-corrected chi connectivity index (χ0v) is 25.4. The summed E-state index contributed by atoms with van der Waals surface area (Å²) in [6.07, 6.45) is 12.4. The first-order valence-corrected chi connectivity index (χ1v) is 15.9. The Labute approximate surface area is 244 Å². The van der Waals surface area contributed by atoms with E-state index in [0.29, 0.717) is 19.8 Å². The van der Waals surface area contributed by atoms with Crippen molar-refractivity contribution >= 4 is 0 Å². The molecule has 3 rings (SSSR count). The fourth-order valence-corrected chi connectivity index (χ4v) is 5.78. The molecule has 1 saturated carbocycles. The Morgan fingerprint density at radius 1 is 0.800 bits per heavy atom. The number of aliphatic hydroxyl groups excluding tert-OH is 1. The number of nitrogens with zero attached hydrogens (tertiary/aromatic N) is 1. The summed E-state index contributed by atoms with van der Waals surface area (Å²) in [5.74, 6) is 0. The Bertz CT molecular complexity index is 895. The van der Waals surface area contributed by atoms with Crippen LogP contribution in [0.1, 0.15) is 102 Å². The molecule has 1 fully saturated rings. The molecule has 2 aromatic carbocycles. The van der Waals surface area contributed by atoms with Crippen LogP contribution in [-0.4, -0.2) is 54.2 Å². The molecule has 5 nitrogen and oxygen atoms in total. The van der Waals surface area contributed by atoms with E-state index in [9.17, 15) is 5.11 Å². The van der Waals surface area contributed by atoms with E-state index >= 15 is 0 Å². The minimum atomic E-state index is -0.634. The maximum absolute atomic E-state index is 10.9. The summed E-state index contributed by atoms with van der Waals surface area (Å²) < 4.78 is 20.0. The van der Waals surface area contributed by atoms with Gasteiger partial charge in [0.1, 0.15) is 6.10 Å². The number of benzene rings is 2. The van der Waals surface area contributed by atoms with E-state index in [2.05, 4.69) is 74.3 Å². The number of hydrogen-bond donors (Lipinski definition) is 1. The van der Waals surface area contributed by atoms with Crippen molar-refractivity contribution in [3.8, 4) is 0 Å². The first kappa shape index (κ1) is 32.8. The number of rotatable bonds is 21. The van der Waals surface area contributed by atoms with Crippen LogP contribution in [0.25, 0.3) is 0 Å². The lowest BCUT2D eigenvalue weighted by Gasteiger charge is -2.43. The van der Waals surface area contributed by atoms with Gasteiger partial charge in [0.15, 0.2) is 5.72 Å². The molecule has 0 amide bonds. The van der Waals surface area contributed by atoms with Crippen molar-refractivity contribution in [1.29, 1.82) is 0 Å². The predicted octanol–water partition coefficient (Wildman–Crippen LogP) is 7.90. The van der Waals surface area contributed by atoms with Crippen LogP contribution in [-0.2, 0) is 27.4 Å². The van der Waals surface area contributed by atoms with Crippen molar-refractivity contribution in [2.45, 2.75) is 128 Å². The van der Waals surface area contributed by atoms with Gasteiger partial charge in [0.05, 0.1) is 32.0 Å². The van der Waals surface area contributed by atoms with E-state index in [4.69, 9.17) is 14.2 Å². The number of likely N-dealkylation sites (N-methyl/N-ethyl adjacent to an activating group) is 1. The quantitative estimate of drug-likeness (QED) is 0.126. The van der Waals surface area contributed by atoms with Gasteiger partial charge >= 0.3 is 0 Å². The predicted molar refractivity (Wildman–Crippen MR) is 164 cm³/mol. The van der Waals surface area contributed by atoms with Gasteiger partial charge in [0.25, 0.3) is 0 Å². The second kappa shape index (κ2) is 18.6. The average molecular weight is 554 g/mol. The summed E-state index contributed by atoms with van der Waals surface area (Å²) in [6, 6.07) is 20.7. The van der Waals surface area contributed by atoms with Gasteiger partial charge in [0.2, 0.25) is 0 Å². The second-order valence-corrected chi connectivity index (χ2v) is 11.6. The highest BCUT2D eigenvalue weighted by atomic mass is 16.6. The normalized spacial score (nSPS) is 21.7. The van der Waals surface area contributed by atoms with Gasteiger partial charge in [-0.05, 0) is 31.0 Å². The van der Waals surface area contributed by atoms with E-state index in [1.54, 1.807) is 0 Å². The van der Waals surface area contributed by atoms with Crippen LogP contribution in [0.5, 0.6) is 0 Å². The van der Waals surface area contributed by atoms with Crippen molar-refractivity contribution in [2.24, 2.45) is 0 Å². The Kier molecular flexibility index (Phi) is 15.3. The van der Waals surface area contributed by atoms with Crippen molar-refractivity contribution in [3.63, 3.8) is 0 Å². The summed E-state index contributed by atoms with van der Waals surface area (Å²) in [5, 5.41) is 10.9. The highest BCUT2D eigenvalue weighted by Gasteiger charge is 2.52. The van der Waals surface area contributed by atoms with Gasteiger partial charge in [-0.15, -0.1) is 0 Å². The summed E-state index contributed by atoms with van der Waals surface area (Å²) in [5.41, 5.74) is 1.70. The highest BCUT2D eigenvalue weighted by molar-refractivity contribution is 5.15. The summed E-state index contributed by atoms with van der Waals surface area (Å²) in [7, 11) is 2.17. The number of unbranched alkanes of at least 4 members (excludes halogenated alkanes) is 7. The summed E-state index contributed by atoms with van der Waals surface area (Å²) >= 11 is 0. The molecule has 4 atom stereocenters. The first-order chi connectivity index (χ1) is 19.6. The monoisotopic (exact) mass is 553 g/mol. The molecule has 0 heterocycles. The van der Waals surface area contributed by atoms with E-state index in [1.807, 2.05) is 12.1 Å². The Hall–Kier alpha value is -1.76. The van der Waals surface area contributed by atoms with Crippen molar-refractivity contribution in [2.75, 3.05) is 20.2 Å². The molecular formula is C35H55NO4. The molecule has 1 N–H and O–H groups in total. The van der Waals surface area contributed by atoms with Crippen molar-refractivity contribution in [1.82, 2.24) is 4.90 Å². The van der Waals surface area contributed by atoms with E-state index in [-0.39, 0.29) is 12.2 Å². The molecule has 2 aromatic rings. The van der Waals surface area contributed by atoms with Crippen LogP contribution in [0, 0.1) is 0 Å². The van der Waals surface area contributed by atoms with Crippen LogP contribution >= 0.6 is 0 Å². The molecule has 0 aliphatic heterocycles. The van der Waals surface area contributed by atoms with Crippen LogP contribution in [0.15, 0.2) is 60.7 Å². The van der Waals surface area contributed by atoms with E-state index < -0.39 is 11.8 Å². The number of aliphatic hydroxyl groups is 1. The molecule has 0 spiro atoms. The highest BCUT2D eigenvalue weighted by Crippen LogP contribution is 2.41. The molecule has 1 unspecified atom stereocenters. The topological polar surface area (TPSA) is 51.2 Å². The lowest BCUT2D eigenvalue weighted by Crippen LogP contribution is -2.56. The Balaban J connectivity index is 1.74. The third-order valence-corrected chi connectivity index (χ3v) is 8.28. The van der Waals surface area contributed by atoms with Gasteiger partial charge in [-0.3, -0.25) is 4.90 Å². The van der Waals surface area contributed by atoms with Crippen molar-refractivity contribution in [3.05, 3.63) is 71.8 Å². The Morgan fingerprint density at radius 2 is 1.38 bits per heavy atom. The third-order valence-electron chi connectivity index (χ3n) is 8.28. The fraction of sp³-hybridized carbons (Fsp3) is 0.657. The van der Waals surface area contributed by atoms with Gasteiger partial charge in [-0.1, -0.05) is 126 Å². The summed E-state index contributed by atoms with van der Waals surface area (Å²) in [6.45, 7) is 6.84. The molecule has 0 radical (unpaired) electrons. The van der Waals surface area contributed by atoms with E-state index in [1.165, 1.54) is 44.1 Å². The van der Waals surface area contributed by atoms with Gasteiger partial charge in [0, 0.05) is 19.4 Å². The standard InChI is InChI=1S/C35H55NO4/c1-4-6-8-10-18-24-36(3)35(40-29-32(37)23-17-9-7-5-2)26-33(38-27-30-19-13-11-14-20-30)25-34(35)39-28-31-21-15-12-16-22-31/h11-16,19-22,32-34,37H,4-10,17-18,23-29H2,1-3H3/t32?,33-,34+,35-/m0/s1. The number of hydrogen-bond acceptors (Lipinski definition) is 5. The number of ether oxygens (including phenoxy) is 3. The maximum Gasteiger partial charge on any atom is 0.150 e. The molecular weight excluding hydrogens is 498 g/mol. The summed E-state index contributed by atoms with van der Waals surface area (Å²) in [4.78, 5) is 2.37. The first-order valence-electron chi connectivity index (χ1n) is 15.9. The minimum Gasteiger partial charge on any atom is -0.391 e. The molecule has 0 saturated heterocycles. The second-order valence-electron chi connectivity index (χ2n) is 11.6.